The van der Waals surface area contributed by atoms with Gasteiger partial charge >= 0.3 is 0 Å². The van der Waals surface area contributed by atoms with Crippen LogP contribution in [-0.2, 0) is 0 Å². The van der Waals surface area contributed by atoms with Crippen LogP contribution in [0.25, 0.3) is 5.70 Å². The van der Waals surface area contributed by atoms with Gasteiger partial charge in [0.15, 0.2) is 17.3 Å². The predicted octanol–water partition coefficient (Wildman–Crippen LogP) is 3.58. The van der Waals surface area contributed by atoms with Crippen molar-refractivity contribution in [1.29, 1.82) is 0 Å². The summed E-state index contributed by atoms with van der Waals surface area (Å²) in [6.07, 6.45) is 0. The van der Waals surface area contributed by atoms with E-state index in [1.807, 2.05) is 42.5 Å². The summed E-state index contributed by atoms with van der Waals surface area (Å²) >= 11 is 1.46. The standard InChI is InChI=1S/C18H17NO3S/c1-11-13-9-14(21-2)15(22-3)10-16(13)23-18(19-11)17(20)12-7-5-4-6-8-12/h4-10,18-19H,1H2,2-3H3. The average Bonchev–Trinajstić information content (AvgIpc) is 2.60. The Morgan fingerprint density at radius 1 is 1.13 bits per heavy atom. The van der Waals surface area contributed by atoms with E-state index in [-0.39, 0.29) is 5.78 Å². The summed E-state index contributed by atoms with van der Waals surface area (Å²) in [5.41, 5.74) is 2.30. The molecule has 0 spiro atoms. The van der Waals surface area contributed by atoms with Gasteiger partial charge in [0.25, 0.3) is 0 Å². The molecule has 1 N–H and O–H groups in total. The van der Waals surface area contributed by atoms with Crippen LogP contribution >= 0.6 is 11.8 Å². The van der Waals surface area contributed by atoms with Crippen LogP contribution in [0.5, 0.6) is 11.5 Å². The molecule has 0 amide bonds. The van der Waals surface area contributed by atoms with Crippen molar-refractivity contribution in [1.82, 2.24) is 5.32 Å². The van der Waals surface area contributed by atoms with Crippen LogP contribution in [0.2, 0.25) is 0 Å². The lowest BCUT2D eigenvalue weighted by molar-refractivity contribution is 0.0983. The lowest BCUT2D eigenvalue weighted by Gasteiger charge is -2.28. The SMILES string of the molecule is C=C1NC(C(=O)c2ccccc2)Sc2cc(OC)c(OC)cc21. The molecule has 118 valence electrons. The summed E-state index contributed by atoms with van der Waals surface area (Å²) in [5.74, 6) is 1.30. The van der Waals surface area contributed by atoms with Gasteiger partial charge in [-0.3, -0.25) is 4.79 Å². The van der Waals surface area contributed by atoms with Crippen molar-refractivity contribution >= 4 is 23.2 Å². The third-order valence-corrected chi connectivity index (χ3v) is 4.82. The van der Waals surface area contributed by atoms with E-state index in [2.05, 4.69) is 11.9 Å². The van der Waals surface area contributed by atoms with Gasteiger partial charge in [-0.2, -0.15) is 0 Å². The molecule has 2 aromatic carbocycles. The van der Waals surface area contributed by atoms with Gasteiger partial charge in [-0.15, -0.1) is 0 Å². The Morgan fingerprint density at radius 2 is 1.78 bits per heavy atom. The number of hydrogen-bond donors (Lipinski definition) is 1. The van der Waals surface area contributed by atoms with Gasteiger partial charge in [0.05, 0.1) is 14.2 Å². The summed E-state index contributed by atoms with van der Waals surface area (Å²) in [6.45, 7) is 4.04. The van der Waals surface area contributed by atoms with E-state index in [1.165, 1.54) is 11.8 Å². The number of methoxy groups -OCH3 is 2. The highest BCUT2D eigenvalue weighted by atomic mass is 32.2. The highest BCUT2D eigenvalue weighted by molar-refractivity contribution is 8.00. The largest absolute Gasteiger partial charge is 0.493 e. The smallest absolute Gasteiger partial charge is 0.195 e. The summed E-state index contributed by atoms with van der Waals surface area (Å²) in [5, 5.41) is 2.78. The number of carbonyl (C=O) groups excluding carboxylic acids is 1. The number of ether oxygens (including phenoxy) is 2. The Balaban J connectivity index is 1.94. The molecular formula is C18H17NO3S. The normalized spacial score (nSPS) is 16.3. The van der Waals surface area contributed by atoms with Gasteiger partial charge in [0.1, 0.15) is 5.37 Å². The number of Topliss-reactive ketones (excluding diaryl/α,β-unsaturated/α-hetero) is 1. The Hall–Kier alpha value is -2.40. The maximum Gasteiger partial charge on any atom is 0.195 e. The molecule has 4 nitrogen and oxygen atoms in total. The van der Waals surface area contributed by atoms with Crippen molar-refractivity contribution in [2.75, 3.05) is 14.2 Å². The maximum absolute atomic E-state index is 12.7. The summed E-state index contributed by atoms with van der Waals surface area (Å²) in [7, 11) is 3.19. The molecule has 1 aliphatic heterocycles. The van der Waals surface area contributed by atoms with Crippen molar-refractivity contribution in [2.24, 2.45) is 0 Å². The minimum absolute atomic E-state index is 0.0252. The molecule has 1 atom stereocenters. The quantitative estimate of drug-likeness (QED) is 0.870. The fraction of sp³-hybridized carbons (Fsp3) is 0.167. The molecule has 0 saturated heterocycles. The average molecular weight is 327 g/mol. The van der Waals surface area contributed by atoms with Crippen molar-refractivity contribution in [2.45, 2.75) is 10.3 Å². The molecule has 0 fully saturated rings. The number of fused-ring (bicyclic) bond motifs is 1. The molecule has 2 aromatic rings. The van der Waals surface area contributed by atoms with E-state index in [4.69, 9.17) is 9.47 Å². The van der Waals surface area contributed by atoms with E-state index < -0.39 is 5.37 Å². The lowest BCUT2D eigenvalue weighted by atomic mass is 10.1. The Bertz CT molecular complexity index is 758. The molecule has 0 radical (unpaired) electrons. The molecule has 23 heavy (non-hydrogen) atoms. The van der Waals surface area contributed by atoms with Gasteiger partial charge < -0.3 is 14.8 Å². The molecule has 1 unspecified atom stereocenters. The van der Waals surface area contributed by atoms with Crippen LogP contribution in [0.1, 0.15) is 15.9 Å². The van der Waals surface area contributed by atoms with Crippen LogP contribution in [0.15, 0.2) is 53.9 Å². The highest BCUT2D eigenvalue weighted by Crippen LogP contribution is 2.42. The van der Waals surface area contributed by atoms with Gasteiger partial charge in [0, 0.05) is 21.7 Å². The number of carbonyl (C=O) groups is 1. The molecule has 1 heterocycles. The minimum Gasteiger partial charge on any atom is -0.493 e. The van der Waals surface area contributed by atoms with Crippen LogP contribution in [0.3, 0.4) is 0 Å². The zero-order valence-corrected chi connectivity index (χ0v) is 13.8. The van der Waals surface area contributed by atoms with E-state index in [1.54, 1.807) is 14.2 Å². The Labute approximate surface area is 139 Å². The van der Waals surface area contributed by atoms with Crippen LogP contribution < -0.4 is 14.8 Å². The van der Waals surface area contributed by atoms with E-state index in [0.717, 1.165) is 10.5 Å². The first-order valence-corrected chi connectivity index (χ1v) is 7.99. The number of thioether (sulfide) groups is 1. The van der Waals surface area contributed by atoms with Crippen LogP contribution in [0.4, 0.5) is 0 Å². The topological polar surface area (TPSA) is 47.6 Å². The monoisotopic (exact) mass is 327 g/mol. The van der Waals surface area contributed by atoms with E-state index in [0.29, 0.717) is 22.8 Å². The molecule has 0 saturated carbocycles. The summed E-state index contributed by atoms with van der Waals surface area (Å²) < 4.78 is 10.7. The van der Waals surface area contributed by atoms with E-state index in [9.17, 15) is 4.79 Å². The van der Waals surface area contributed by atoms with Crippen molar-refractivity contribution in [3.63, 3.8) is 0 Å². The van der Waals surface area contributed by atoms with E-state index >= 15 is 0 Å². The number of ketones is 1. The molecule has 0 aromatic heterocycles. The van der Waals surface area contributed by atoms with Crippen molar-refractivity contribution in [3.05, 3.63) is 60.2 Å². The molecule has 0 aliphatic carbocycles. The van der Waals surface area contributed by atoms with Crippen LogP contribution in [-0.4, -0.2) is 25.4 Å². The number of hydrogen-bond acceptors (Lipinski definition) is 5. The van der Waals surface area contributed by atoms with Gasteiger partial charge in [-0.25, -0.2) is 0 Å². The fourth-order valence-corrected chi connectivity index (χ4v) is 3.64. The fourth-order valence-electron chi connectivity index (χ4n) is 2.46. The summed E-state index contributed by atoms with van der Waals surface area (Å²) in [6, 6.07) is 13.0. The van der Waals surface area contributed by atoms with Gasteiger partial charge in [-0.05, 0) is 12.1 Å². The third kappa shape index (κ3) is 2.92. The van der Waals surface area contributed by atoms with Crippen LogP contribution in [0, 0.1) is 0 Å². The van der Waals surface area contributed by atoms with Gasteiger partial charge in [0.2, 0.25) is 0 Å². The Morgan fingerprint density at radius 3 is 2.43 bits per heavy atom. The molecule has 3 rings (SSSR count). The summed E-state index contributed by atoms with van der Waals surface area (Å²) in [4.78, 5) is 13.6. The predicted molar refractivity (Wildman–Crippen MR) is 92.1 cm³/mol. The highest BCUT2D eigenvalue weighted by Gasteiger charge is 2.29. The Kier molecular flexibility index (Phi) is 4.30. The number of benzene rings is 2. The first-order chi connectivity index (χ1) is 11.1. The zero-order valence-electron chi connectivity index (χ0n) is 13.0. The molecular weight excluding hydrogens is 310 g/mol. The molecule has 5 heteroatoms. The van der Waals surface area contributed by atoms with Crippen molar-refractivity contribution < 1.29 is 14.3 Å². The second kappa shape index (κ2) is 6.38. The first-order valence-electron chi connectivity index (χ1n) is 7.11. The second-order valence-corrected chi connectivity index (χ2v) is 6.20. The second-order valence-electron chi connectivity index (χ2n) is 5.05. The third-order valence-electron chi connectivity index (χ3n) is 3.66. The first kappa shape index (κ1) is 15.5. The molecule has 0 bridgehead atoms. The van der Waals surface area contributed by atoms with Crippen molar-refractivity contribution in [3.8, 4) is 11.5 Å². The number of rotatable bonds is 4. The maximum atomic E-state index is 12.7. The lowest BCUT2D eigenvalue weighted by Crippen LogP contribution is -2.35. The number of nitrogens with one attached hydrogen (secondary N) is 1. The minimum atomic E-state index is -0.407. The zero-order chi connectivity index (χ0) is 16.4. The molecule has 1 aliphatic rings. The van der Waals surface area contributed by atoms with Gasteiger partial charge in [-0.1, -0.05) is 48.7 Å².